The van der Waals surface area contributed by atoms with Crippen LogP contribution in [0.15, 0.2) is 18.3 Å². The van der Waals surface area contributed by atoms with Crippen molar-refractivity contribution in [3.63, 3.8) is 0 Å². The summed E-state index contributed by atoms with van der Waals surface area (Å²) < 4.78 is 3.53. The van der Waals surface area contributed by atoms with E-state index < -0.39 is 0 Å². The molecule has 0 aromatic carbocycles. The maximum Gasteiger partial charge on any atom is 0.0884 e. The summed E-state index contributed by atoms with van der Waals surface area (Å²) in [7, 11) is 0. The largest absolute Gasteiger partial charge is 0.391 e. The van der Waals surface area contributed by atoms with Gasteiger partial charge in [-0.1, -0.05) is 0 Å². The van der Waals surface area contributed by atoms with Gasteiger partial charge >= 0.3 is 0 Å². The van der Waals surface area contributed by atoms with E-state index in [0.717, 1.165) is 5.00 Å². The Labute approximate surface area is 82.0 Å². The van der Waals surface area contributed by atoms with Gasteiger partial charge in [0.05, 0.1) is 15.2 Å². The van der Waals surface area contributed by atoms with Crippen LogP contribution in [0.1, 0.15) is 20.8 Å². The number of aromatic nitrogens is 1. The zero-order chi connectivity index (χ0) is 9.64. The number of fused-ring (bicyclic) bond motifs is 1. The number of anilines is 1. The van der Waals surface area contributed by atoms with Crippen LogP contribution in [0.2, 0.25) is 0 Å². The van der Waals surface area contributed by atoms with Gasteiger partial charge in [-0.25, -0.2) is 0 Å². The summed E-state index contributed by atoms with van der Waals surface area (Å²) in [6.45, 7) is 6.58. The number of rotatable bonds is 0. The average molecular weight is 194 g/mol. The number of nitrogens with zero attached hydrogens (tertiary/aromatic N) is 1. The van der Waals surface area contributed by atoms with Crippen LogP contribution in [0.3, 0.4) is 0 Å². The quantitative estimate of drug-likeness (QED) is 0.686. The van der Waals surface area contributed by atoms with Gasteiger partial charge in [0.15, 0.2) is 0 Å². The van der Waals surface area contributed by atoms with Crippen molar-refractivity contribution in [2.75, 3.05) is 5.73 Å². The highest BCUT2D eigenvalue weighted by Crippen LogP contribution is 2.31. The van der Waals surface area contributed by atoms with Crippen molar-refractivity contribution in [1.29, 1.82) is 0 Å². The first kappa shape index (κ1) is 8.63. The minimum Gasteiger partial charge on any atom is -0.391 e. The third kappa shape index (κ3) is 1.33. The highest BCUT2D eigenvalue weighted by atomic mass is 32.1. The Bertz CT molecular complexity index is 431. The molecule has 13 heavy (non-hydrogen) atoms. The third-order valence-electron chi connectivity index (χ3n) is 2.12. The van der Waals surface area contributed by atoms with E-state index in [1.165, 1.54) is 10.2 Å². The highest BCUT2D eigenvalue weighted by Gasteiger charge is 2.15. The summed E-state index contributed by atoms with van der Waals surface area (Å²) in [6.07, 6.45) is 2.13. The molecule has 2 N–H and O–H groups in total. The van der Waals surface area contributed by atoms with E-state index in [2.05, 4.69) is 37.6 Å². The van der Waals surface area contributed by atoms with Crippen molar-refractivity contribution >= 4 is 26.6 Å². The summed E-state index contributed by atoms with van der Waals surface area (Å²) >= 11 is 1.65. The fourth-order valence-electron chi connectivity index (χ4n) is 1.53. The number of thiophene rings is 1. The van der Waals surface area contributed by atoms with Crippen LogP contribution in [0.25, 0.3) is 10.2 Å². The molecule has 2 nitrogen and oxygen atoms in total. The molecule has 0 unspecified atom stereocenters. The van der Waals surface area contributed by atoms with Gasteiger partial charge in [-0.15, -0.1) is 11.3 Å². The van der Waals surface area contributed by atoms with Crippen molar-refractivity contribution in [2.45, 2.75) is 26.3 Å². The van der Waals surface area contributed by atoms with Gasteiger partial charge in [0, 0.05) is 11.7 Å². The van der Waals surface area contributed by atoms with Crippen LogP contribution in [0.5, 0.6) is 0 Å². The zero-order valence-electron chi connectivity index (χ0n) is 8.16. The molecule has 2 aromatic heterocycles. The van der Waals surface area contributed by atoms with E-state index >= 15 is 0 Å². The lowest BCUT2D eigenvalue weighted by atomic mass is 10.1. The predicted molar refractivity (Wildman–Crippen MR) is 59.2 cm³/mol. The standard InChI is InChI=1S/C10H14N2S/c1-10(2,3)12-5-4-8-7(12)6-9(11)13-8/h4-6H,11H2,1-3H3. The molecule has 0 atom stereocenters. The Balaban J connectivity index is 2.70. The van der Waals surface area contributed by atoms with E-state index in [1.807, 2.05) is 6.07 Å². The number of nitrogens with two attached hydrogens (primary N) is 1. The Morgan fingerprint density at radius 2 is 2.08 bits per heavy atom. The van der Waals surface area contributed by atoms with E-state index in [0.29, 0.717) is 0 Å². The van der Waals surface area contributed by atoms with Gasteiger partial charge in [0.2, 0.25) is 0 Å². The van der Waals surface area contributed by atoms with Gasteiger partial charge in [0.25, 0.3) is 0 Å². The highest BCUT2D eigenvalue weighted by molar-refractivity contribution is 7.22. The van der Waals surface area contributed by atoms with Crippen LogP contribution in [0, 0.1) is 0 Å². The molecule has 0 fully saturated rings. The molecule has 0 amide bonds. The van der Waals surface area contributed by atoms with Crippen LogP contribution >= 0.6 is 11.3 Å². The molecule has 0 saturated carbocycles. The lowest BCUT2D eigenvalue weighted by Gasteiger charge is -2.21. The third-order valence-corrected chi connectivity index (χ3v) is 3.04. The van der Waals surface area contributed by atoms with E-state index in [4.69, 9.17) is 5.73 Å². The molecule has 0 radical (unpaired) electrons. The molecule has 2 aromatic rings. The molecule has 0 aliphatic carbocycles. The van der Waals surface area contributed by atoms with E-state index in [1.54, 1.807) is 11.3 Å². The molecular weight excluding hydrogens is 180 g/mol. The fraction of sp³-hybridized carbons (Fsp3) is 0.400. The molecule has 0 saturated heterocycles. The van der Waals surface area contributed by atoms with Gasteiger partial charge in [0.1, 0.15) is 0 Å². The van der Waals surface area contributed by atoms with Crippen molar-refractivity contribution in [1.82, 2.24) is 4.57 Å². The lowest BCUT2D eigenvalue weighted by Crippen LogP contribution is -2.20. The summed E-state index contributed by atoms with van der Waals surface area (Å²) in [5.74, 6) is 0. The number of hydrogen-bond donors (Lipinski definition) is 1. The molecule has 70 valence electrons. The summed E-state index contributed by atoms with van der Waals surface area (Å²) in [4.78, 5) is 0. The summed E-state index contributed by atoms with van der Waals surface area (Å²) in [5, 5.41) is 0.892. The average Bonchev–Trinajstić information content (AvgIpc) is 2.41. The summed E-state index contributed by atoms with van der Waals surface area (Å²) in [5.41, 5.74) is 7.13. The normalized spacial score (nSPS) is 12.5. The molecule has 0 spiro atoms. The first-order chi connectivity index (χ1) is 5.98. The lowest BCUT2D eigenvalue weighted by molar-refractivity contribution is 0.411. The van der Waals surface area contributed by atoms with Crippen LogP contribution in [-0.2, 0) is 5.54 Å². The Morgan fingerprint density at radius 3 is 2.69 bits per heavy atom. The maximum absolute atomic E-state index is 5.75. The maximum atomic E-state index is 5.75. The second-order valence-electron chi connectivity index (χ2n) is 4.25. The van der Waals surface area contributed by atoms with E-state index in [9.17, 15) is 0 Å². The van der Waals surface area contributed by atoms with Crippen molar-refractivity contribution in [3.8, 4) is 0 Å². The van der Waals surface area contributed by atoms with Gasteiger partial charge in [-0.05, 0) is 32.9 Å². The molecule has 0 bridgehead atoms. The second-order valence-corrected chi connectivity index (χ2v) is 5.37. The minimum absolute atomic E-state index is 0.134. The van der Waals surface area contributed by atoms with Gasteiger partial charge in [-0.2, -0.15) is 0 Å². The number of hydrogen-bond acceptors (Lipinski definition) is 2. The van der Waals surface area contributed by atoms with Crippen LogP contribution < -0.4 is 5.73 Å². The summed E-state index contributed by atoms with van der Waals surface area (Å²) in [6, 6.07) is 4.17. The molecule has 0 aliphatic rings. The van der Waals surface area contributed by atoms with Crippen LogP contribution in [0.4, 0.5) is 5.00 Å². The monoisotopic (exact) mass is 194 g/mol. The van der Waals surface area contributed by atoms with Gasteiger partial charge in [-0.3, -0.25) is 0 Å². The van der Waals surface area contributed by atoms with E-state index in [-0.39, 0.29) is 5.54 Å². The Hall–Kier alpha value is -0.960. The molecule has 0 aliphatic heterocycles. The Morgan fingerprint density at radius 1 is 1.38 bits per heavy atom. The minimum atomic E-state index is 0.134. The first-order valence-corrected chi connectivity index (χ1v) is 5.17. The fourth-order valence-corrected chi connectivity index (χ4v) is 2.34. The van der Waals surface area contributed by atoms with Crippen molar-refractivity contribution in [3.05, 3.63) is 18.3 Å². The molecular formula is C10H14N2S. The molecule has 2 rings (SSSR count). The second kappa shape index (κ2) is 2.51. The topological polar surface area (TPSA) is 30.9 Å². The molecule has 3 heteroatoms. The van der Waals surface area contributed by atoms with Crippen molar-refractivity contribution in [2.24, 2.45) is 0 Å². The first-order valence-electron chi connectivity index (χ1n) is 4.35. The van der Waals surface area contributed by atoms with Crippen LogP contribution in [-0.4, -0.2) is 4.57 Å². The smallest absolute Gasteiger partial charge is 0.0884 e. The molecule has 2 heterocycles. The van der Waals surface area contributed by atoms with Gasteiger partial charge < -0.3 is 10.3 Å². The SMILES string of the molecule is CC(C)(C)n1ccc2sc(N)cc21. The van der Waals surface area contributed by atoms with Crippen molar-refractivity contribution < 1.29 is 0 Å². The zero-order valence-corrected chi connectivity index (χ0v) is 8.98. The predicted octanol–water partition coefficient (Wildman–Crippen LogP) is 3.04. The number of nitrogen functional groups attached to an aromatic ring is 1. The Kier molecular flexibility index (Phi) is 1.67.